The van der Waals surface area contributed by atoms with E-state index in [1.807, 2.05) is 37.5 Å². The summed E-state index contributed by atoms with van der Waals surface area (Å²) in [5.41, 5.74) is 3.13. The van der Waals surface area contributed by atoms with Gasteiger partial charge in [0.2, 0.25) is 5.91 Å². The van der Waals surface area contributed by atoms with Gasteiger partial charge in [-0.15, -0.1) is 0 Å². The number of aromatic nitrogens is 3. The molecule has 1 amide bonds. The second-order valence-corrected chi connectivity index (χ2v) is 8.38. The van der Waals surface area contributed by atoms with E-state index in [4.69, 9.17) is 4.98 Å². The number of hydrogen-bond acceptors (Lipinski definition) is 4. The second kappa shape index (κ2) is 9.29. The molecule has 2 heterocycles. The first-order valence-electron chi connectivity index (χ1n) is 10.9. The Balaban J connectivity index is 1.36. The zero-order chi connectivity index (χ0) is 20.1. The Hall–Kier alpha value is -2.56. The van der Waals surface area contributed by atoms with E-state index in [9.17, 15) is 4.79 Å². The van der Waals surface area contributed by atoms with Gasteiger partial charge in [0.1, 0.15) is 5.82 Å². The Morgan fingerprint density at radius 1 is 1.10 bits per heavy atom. The molecule has 5 heteroatoms. The first-order valence-corrected chi connectivity index (χ1v) is 10.9. The van der Waals surface area contributed by atoms with Gasteiger partial charge in [-0.2, -0.15) is 0 Å². The first-order chi connectivity index (χ1) is 14.2. The molecule has 2 aromatic heterocycles. The summed E-state index contributed by atoms with van der Waals surface area (Å²) in [5, 5.41) is 3.21. The van der Waals surface area contributed by atoms with Crippen LogP contribution in [0, 0.1) is 18.8 Å². The number of pyridine rings is 1. The van der Waals surface area contributed by atoms with E-state index in [-0.39, 0.29) is 11.8 Å². The van der Waals surface area contributed by atoms with Gasteiger partial charge in [-0.05, 0) is 69.9 Å². The number of carbonyl (C=O) groups is 1. The molecule has 1 fully saturated rings. The molecular formula is C24H30N4O. The minimum absolute atomic E-state index is 0.168. The lowest BCUT2D eigenvalue weighted by Gasteiger charge is -2.30. The van der Waals surface area contributed by atoms with E-state index < -0.39 is 0 Å². The van der Waals surface area contributed by atoms with E-state index in [1.165, 1.54) is 0 Å². The maximum Gasteiger partial charge on any atom is 0.223 e. The Kier molecular flexibility index (Phi) is 6.33. The van der Waals surface area contributed by atoms with Crippen LogP contribution in [0.5, 0.6) is 0 Å². The molecular weight excluding hydrogens is 360 g/mol. The molecule has 1 N–H and O–H groups in total. The highest BCUT2D eigenvalue weighted by Gasteiger charge is 2.27. The van der Waals surface area contributed by atoms with Crippen molar-refractivity contribution in [2.45, 2.75) is 57.8 Å². The van der Waals surface area contributed by atoms with Gasteiger partial charge in [0.05, 0.1) is 11.4 Å². The number of hydrogen-bond donors (Lipinski definition) is 1. The fourth-order valence-electron chi connectivity index (χ4n) is 4.58. The predicted molar refractivity (Wildman–Crippen MR) is 114 cm³/mol. The molecule has 0 aliphatic heterocycles. The van der Waals surface area contributed by atoms with E-state index >= 15 is 0 Å². The largest absolute Gasteiger partial charge is 0.356 e. The van der Waals surface area contributed by atoms with Crippen LogP contribution in [0.3, 0.4) is 0 Å². The fraction of sp³-hybridized carbons (Fsp3) is 0.500. The lowest BCUT2D eigenvalue weighted by Crippen LogP contribution is -2.35. The summed E-state index contributed by atoms with van der Waals surface area (Å²) < 4.78 is 0. The van der Waals surface area contributed by atoms with Gasteiger partial charge in [0, 0.05) is 36.3 Å². The molecule has 0 bridgehead atoms. The number of aryl methyl sites for hydroxylation is 1. The third kappa shape index (κ3) is 4.89. The van der Waals surface area contributed by atoms with Crippen LogP contribution in [-0.2, 0) is 4.79 Å². The molecule has 2 aliphatic rings. The number of amides is 1. The number of carbonyl (C=O) groups excluding carboxylic acids is 1. The highest BCUT2D eigenvalue weighted by molar-refractivity contribution is 5.78. The normalized spacial score (nSPS) is 24.2. The summed E-state index contributed by atoms with van der Waals surface area (Å²) in [6, 6.07) is 5.97. The van der Waals surface area contributed by atoms with Gasteiger partial charge in [-0.3, -0.25) is 9.78 Å². The Morgan fingerprint density at radius 3 is 2.69 bits per heavy atom. The summed E-state index contributed by atoms with van der Waals surface area (Å²) in [4.78, 5) is 26.1. The third-order valence-electron chi connectivity index (χ3n) is 6.32. The average molecular weight is 391 g/mol. The van der Waals surface area contributed by atoms with E-state index in [2.05, 4.69) is 27.4 Å². The van der Waals surface area contributed by atoms with Crippen LogP contribution in [-0.4, -0.2) is 27.4 Å². The van der Waals surface area contributed by atoms with Gasteiger partial charge >= 0.3 is 0 Å². The molecule has 4 rings (SSSR count). The second-order valence-electron chi connectivity index (χ2n) is 8.38. The quantitative estimate of drug-likeness (QED) is 0.758. The molecule has 1 unspecified atom stereocenters. The summed E-state index contributed by atoms with van der Waals surface area (Å²) in [6.07, 6.45) is 15.4. The van der Waals surface area contributed by atoms with Crippen molar-refractivity contribution in [1.29, 1.82) is 0 Å². The number of nitrogens with zero attached hydrogens (tertiary/aromatic N) is 3. The number of allylic oxidation sites excluding steroid dienone is 2. The standard InChI is InChI=1S/C24H30N4O/c1-17-26-16-21(22-9-5-6-14-25-22)23(28-17)19-12-10-18(11-13-19)15-27-24(29)20-7-3-2-4-8-20/h2-3,5-6,9,14,16,18-20H,4,7-8,10-13,15H2,1H3,(H,27,29). The lowest BCUT2D eigenvalue weighted by atomic mass is 9.79. The van der Waals surface area contributed by atoms with Crippen molar-refractivity contribution in [2.75, 3.05) is 6.54 Å². The highest BCUT2D eigenvalue weighted by atomic mass is 16.1. The van der Waals surface area contributed by atoms with Crippen LogP contribution < -0.4 is 5.32 Å². The van der Waals surface area contributed by atoms with E-state index in [0.717, 1.165) is 74.3 Å². The molecule has 152 valence electrons. The highest BCUT2D eigenvalue weighted by Crippen LogP contribution is 2.38. The summed E-state index contributed by atoms with van der Waals surface area (Å²) >= 11 is 0. The molecule has 29 heavy (non-hydrogen) atoms. The zero-order valence-corrected chi connectivity index (χ0v) is 17.2. The van der Waals surface area contributed by atoms with Crippen LogP contribution in [0.4, 0.5) is 0 Å². The monoisotopic (exact) mass is 390 g/mol. The molecule has 0 spiro atoms. The van der Waals surface area contributed by atoms with Crippen molar-refractivity contribution in [1.82, 2.24) is 20.3 Å². The van der Waals surface area contributed by atoms with Gasteiger partial charge in [0.15, 0.2) is 0 Å². The van der Waals surface area contributed by atoms with Gasteiger partial charge in [0.25, 0.3) is 0 Å². The average Bonchev–Trinajstić information content (AvgIpc) is 2.79. The molecule has 5 nitrogen and oxygen atoms in total. The van der Waals surface area contributed by atoms with Crippen molar-refractivity contribution in [3.8, 4) is 11.3 Å². The Labute approximate surface area is 173 Å². The Morgan fingerprint density at radius 2 is 1.97 bits per heavy atom. The smallest absolute Gasteiger partial charge is 0.223 e. The van der Waals surface area contributed by atoms with Crippen LogP contribution in [0.2, 0.25) is 0 Å². The topological polar surface area (TPSA) is 67.8 Å². The minimum atomic E-state index is 0.168. The van der Waals surface area contributed by atoms with Crippen LogP contribution in [0.25, 0.3) is 11.3 Å². The number of nitrogens with one attached hydrogen (secondary N) is 1. The van der Waals surface area contributed by atoms with Crippen LogP contribution in [0.15, 0.2) is 42.7 Å². The Bertz CT molecular complexity index is 856. The van der Waals surface area contributed by atoms with Crippen LogP contribution in [0.1, 0.15) is 62.4 Å². The molecule has 0 saturated heterocycles. The van der Waals surface area contributed by atoms with Crippen molar-refractivity contribution >= 4 is 5.91 Å². The summed E-state index contributed by atoms with van der Waals surface area (Å²) in [7, 11) is 0. The molecule has 0 aromatic carbocycles. The van der Waals surface area contributed by atoms with Crippen molar-refractivity contribution in [3.63, 3.8) is 0 Å². The molecule has 1 saturated carbocycles. The van der Waals surface area contributed by atoms with E-state index in [0.29, 0.717) is 11.8 Å². The number of rotatable bonds is 5. The van der Waals surface area contributed by atoms with E-state index in [1.54, 1.807) is 0 Å². The van der Waals surface area contributed by atoms with Crippen molar-refractivity contribution in [2.24, 2.45) is 11.8 Å². The maximum atomic E-state index is 12.4. The summed E-state index contributed by atoms with van der Waals surface area (Å²) in [6.45, 7) is 2.76. The SMILES string of the molecule is Cc1ncc(-c2ccccn2)c(C2CCC(CNC(=O)C3CC=CCC3)CC2)n1. The zero-order valence-electron chi connectivity index (χ0n) is 17.2. The lowest BCUT2D eigenvalue weighted by molar-refractivity contribution is -0.125. The van der Waals surface area contributed by atoms with Gasteiger partial charge < -0.3 is 5.32 Å². The van der Waals surface area contributed by atoms with Gasteiger partial charge in [-0.25, -0.2) is 9.97 Å². The van der Waals surface area contributed by atoms with Crippen LogP contribution >= 0.6 is 0 Å². The first kappa shape index (κ1) is 19.7. The molecule has 0 radical (unpaired) electrons. The van der Waals surface area contributed by atoms with Crippen molar-refractivity contribution < 1.29 is 4.79 Å². The molecule has 2 aliphatic carbocycles. The minimum Gasteiger partial charge on any atom is -0.356 e. The predicted octanol–water partition coefficient (Wildman–Crippen LogP) is 4.59. The molecule has 1 atom stereocenters. The maximum absolute atomic E-state index is 12.4. The molecule has 2 aromatic rings. The third-order valence-corrected chi connectivity index (χ3v) is 6.32. The van der Waals surface area contributed by atoms with Crippen molar-refractivity contribution in [3.05, 3.63) is 54.3 Å². The van der Waals surface area contributed by atoms with Gasteiger partial charge in [-0.1, -0.05) is 18.2 Å². The fourth-order valence-corrected chi connectivity index (χ4v) is 4.58. The summed E-state index contributed by atoms with van der Waals surface area (Å²) in [5.74, 6) is 2.22.